The van der Waals surface area contributed by atoms with Gasteiger partial charge in [-0.15, -0.1) is 12.8 Å². The minimum absolute atomic E-state index is 0.607. The van der Waals surface area contributed by atoms with E-state index in [0.29, 0.717) is 22.8 Å². The Morgan fingerprint density at radius 1 is 0.577 bits per heavy atom. The molecule has 0 amide bonds. The fraction of sp³-hybridized carbons (Fsp3) is 0. The first-order valence-corrected chi connectivity index (χ1v) is 7.63. The zero-order chi connectivity index (χ0) is 18.2. The molecule has 0 aliphatic carbocycles. The predicted molar refractivity (Wildman–Crippen MR) is 101 cm³/mol. The molecule has 3 aromatic heterocycles. The fourth-order valence-electron chi connectivity index (χ4n) is 1.94. The van der Waals surface area contributed by atoms with E-state index < -0.39 is 0 Å². The minimum atomic E-state index is 0.607. The highest BCUT2D eigenvalue weighted by molar-refractivity contribution is 5.43. The van der Waals surface area contributed by atoms with Crippen molar-refractivity contribution in [3.8, 4) is 48.4 Å². The third kappa shape index (κ3) is 4.37. The average Bonchev–Trinajstić information content (AvgIpc) is 2.72. The summed E-state index contributed by atoms with van der Waals surface area (Å²) < 4.78 is 0. The smallest absolute Gasteiger partial charge is 0.115 e. The van der Waals surface area contributed by atoms with Crippen molar-refractivity contribution in [2.45, 2.75) is 0 Å². The van der Waals surface area contributed by atoms with Crippen LogP contribution in [0.3, 0.4) is 0 Å². The van der Waals surface area contributed by atoms with Gasteiger partial charge in [-0.25, -0.2) is 15.0 Å². The van der Waals surface area contributed by atoms with Crippen molar-refractivity contribution in [2.75, 3.05) is 0 Å². The number of hydrogen-bond donors (Lipinski definition) is 0. The molecule has 3 nitrogen and oxygen atoms in total. The van der Waals surface area contributed by atoms with Crippen molar-refractivity contribution >= 4 is 0 Å². The van der Waals surface area contributed by atoms with E-state index >= 15 is 0 Å². The molecule has 0 saturated heterocycles. The summed E-state index contributed by atoms with van der Waals surface area (Å²) in [6, 6.07) is 12.6. The SMILES string of the molecule is C#Cc1ccc(C#Cc2cccc(C#Cc3ccc(C#C)cn3)n2)nc1. The Balaban J connectivity index is 1.78. The highest BCUT2D eigenvalue weighted by Crippen LogP contribution is 2.01. The van der Waals surface area contributed by atoms with E-state index in [0.717, 1.165) is 11.1 Å². The number of aromatic nitrogens is 3. The summed E-state index contributed by atoms with van der Waals surface area (Å²) in [5.74, 6) is 16.9. The summed E-state index contributed by atoms with van der Waals surface area (Å²) >= 11 is 0. The van der Waals surface area contributed by atoms with Crippen molar-refractivity contribution < 1.29 is 0 Å². The molecule has 3 heterocycles. The summed E-state index contributed by atoms with van der Waals surface area (Å²) in [4.78, 5) is 12.8. The minimum Gasteiger partial charge on any atom is -0.246 e. The zero-order valence-electron chi connectivity index (χ0n) is 13.7. The maximum atomic E-state index is 5.30. The first-order valence-electron chi connectivity index (χ1n) is 7.63. The number of pyridine rings is 3. The summed E-state index contributed by atoms with van der Waals surface area (Å²) in [6.07, 6.45) is 13.8. The molecule has 118 valence electrons. The molecule has 0 spiro atoms. The van der Waals surface area contributed by atoms with Crippen LogP contribution in [0.4, 0.5) is 0 Å². The van der Waals surface area contributed by atoms with Crippen LogP contribution in [0.5, 0.6) is 0 Å². The van der Waals surface area contributed by atoms with Crippen LogP contribution in [0.15, 0.2) is 54.9 Å². The first-order chi connectivity index (χ1) is 12.8. The lowest BCUT2D eigenvalue weighted by atomic mass is 10.2. The summed E-state index contributed by atoms with van der Waals surface area (Å²) in [5.41, 5.74) is 3.90. The Morgan fingerprint density at radius 3 is 1.42 bits per heavy atom. The van der Waals surface area contributed by atoms with Crippen molar-refractivity contribution in [3.63, 3.8) is 0 Å². The van der Waals surface area contributed by atoms with Crippen molar-refractivity contribution in [1.29, 1.82) is 0 Å². The molecule has 0 radical (unpaired) electrons. The maximum Gasteiger partial charge on any atom is 0.115 e. The lowest BCUT2D eigenvalue weighted by Crippen LogP contribution is -1.89. The van der Waals surface area contributed by atoms with E-state index in [-0.39, 0.29) is 0 Å². The number of rotatable bonds is 0. The number of nitrogens with zero attached hydrogens (tertiary/aromatic N) is 3. The monoisotopic (exact) mass is 329 g/mol. The first kappa shape index (κ1) is 16.5. The quantitative estimate of drug-likeness (QED) is 0.595. The van der Waals surface area contributed by atoms with Crippen molar-refractivity contribution in [1.82, 2.24) is 15.0 Å². The van der Waals surface area contributed by atoms with Crippen molar-refractivity contribution in [2.24, 2.45) is 0 Å². The molecule has 0 aromatic carbocycles. The van der Waals surface area contributed by atoms with Gasteiger partial charge in [0, 0.05) is 23.5 Å². The Labute approximate surface area is 152 Å². The Hall–Kier alpha value is -4.31. The zero-order valence-corrected chi connectivity index (χ0v) is 13.7. The van der Waals surface area contributed by atoms with E-state index in [4.69, 9.17) is 12.8 Å². The summed E-state index contributed by atoms with van der Waals surface area (Å²) in [5, 5.41) is 0. The molecule has 3 rings (SSSR count). The van der Waals surface area contributed by atoms with E-state index in [1.54, 1.807) is 36.7 Å². The lowest BCUT2D eigenvalue weighted by molar-refractivity contribution is 1.24. The second-order valence-corrected chi connectivity index (χ2v) is 5.06. The van der Waals surface area contributed by atoms with E-state index in [1.807, 2.05) is 18.2 Å². The summed E-state index contributed by atoms with van der Waals surface area (Å²) in [6.45, 7) is 0. The normalized spacial score (nSPS) is 8.85. The van der Waals surface area contributed by atoms with Gasteiger partial charge in [0.1, 0.15) is 22.8 Å². The molecule has 0 atom stereocenters. The topological polar surface area (TPSA) is 38.7 Å². The van der Waals surface area contributed by atoms with Gasteiger partial charge in [0.25, 0.3) is 0 Å². The van der Waals surface area contributed by atoms with Gasteiger partial charge in [0.2, 0.25) is 0 Å². The van der Waals surface area contributed by atoms with Crippen LogP contribution in [0, 0.1) is 48.4 Å². The molecule has 0 saturated carbocycles. The van der Waals surface area contributed by atoms with E-state index in [2.05, 4.69) is 50.5 Å². The highest BCUT2D eigenvalue weighted by Gasteiger charge is 1.94. The van der Waals surface area contributed by atoms with Crippen LogP contribution in [0.1, 0.15) is 33.9 Å². The van der Waals surface area contributed by atoms with Crippen LogP contribution in [0.25, 0.3) is 0 Å². The van der Waals surface area contributed by atoms with E-state index in [1.165, 1.54) is 0 Å². The van der Waals surface area contributed by atoms with Gasteiger partial charge < -0.3 is 0 Å². The van der Waals surface area contributed by atoms with Crippen LogP contribution in [0.2, 0.25) is 0 Å². The van der Waals surface area contributed by atoms with Gasteiger partial charge in [-0.2, -0.15) is 0 Å². The molecule has 3 aromatic rings. The van der Waals surface area contributed by atoms with Gasteiger partial charge in [0.05, 0.1) is 0 Å². The molecule has 0 N–H and O–H groups in total. The molecule has 0 unspecified atom stereocenters. The van der Waals surface area contributed by atoms with Gasteiger partial charge in [-0.1, -0.05) is 17.9 Å². The third-order valence-corrected chi connectivity index (χ3v) is 3.25. The largest absolute Gasteiger partial charge is 0.246 e. The Bertz CT molecular complexity index is 1040. The molecule has 0 aliphatic heterocycles. The maximum absolute atomic E-state index is 5.30. The van der Waals surface area contributed by atoms with Crippen LogP contribution in [-0.4, -0.2) is 15.0 Å². The second kappa shape index (κ2) is 7.99. The van der Waals surface area contributed by atoms with Crippen LogP contribution >= 0.6 is 0 Å². The van der Waals surface area contributed by atoms with Gasteiger partial charge >= 0.3 is 0 Å². The molecular formula is C23H11N3. The molecular weight excluding hydrogens is 318 g/mol. The van der Waals surface area contributed by atoms with Gasteiger partial charge in [0.15, 0.2) is 0 Å². The molecule has 0 aliphatic rings. The molecule has 26 heavy (non-hydrogen) atoms. The van der Waals surface area contributed by atoms with Gasteiger partial charge in [-0.3, -0.25) is 0 Å². The average molecular weight is 329 g/mol. The molecule has 0 bridgehead atoms. The third-order valence-electron chi connectivity index (χ3n) is 3.25. The second-order valence-electron chi connectivity index (χ2n) is 5.06. The number of terminal acetylenes is 2. The Morgan fingerprint density at radius 2 is 1.04 bits per heavy atom. The predicted octanol–water partition coefficient (Wildman–Crippen LogP) is 2.63. The van der Waals surface area contributed by atoms with Gasteiger partial charge in [-0.05, 0) is 60.1 Å². The molecule has 3 heteroatoms. The van der Waals surface area contributed by atoms with Crippen molar-refractivity contribution in [3.05, 3.63) is 88.8 Å². The van der Waals surface area contributed by atoms with Crippen LogP contribution in [-0.2, 0) is 0 Å². The standard InChI is InChI=1S/C23H11N3/c1-3-18-8-10-20(24-16-18)12-14-22-6-5-7-23(26-22)15-13-21-11-9-19(4-2)17-25-21/h1-2,5-11,16-17H. The number of hydrogen-bond acceptors (Lipinski definition) is 3. The highest BCUT2D eigenvalue weighted by atomic mass is 14.7. The summed E-state index contributed by atoms with van der Waals surface area (Å²) in [7, 11) is 0. The van der Waals surface area contributed by atoms with Crippen LogP contribution < -0.4 is 0 Å². The van der Waals surface area contributed by atoms with E-state index in [9.17, 15) is 0 Å². The fourth-order valence-corrected chi connectivity index (χ4v) is 1.94. The Kier molecular flexibility index (Phi) is 5.08. The lowest BCUT2D eigenvalue weighted by Gasteiger charge is -1.93. The molecule has 0 fully saturated rings.